The summed E-state index contributed by atoms with van der Waals surface area (Å²) in [5, 5.41) is 0. The monoisotopic (exact) mass is 259 g/mol. The van der Waals surface area contributed by atoms with Gasteiger partial charge in [-0.15, -0.1) is 11.8 Å². The molecule has 0 saturated carbocycles. The molecule has 0 spiro atoms. The Labute approximate surface area is 99.1 Å². The van der Waals surface area contributed by atoms with E-state index in [9.17, 15) is 13.2 Å². The van der Waals surface area contributed by atoms with Crippen molar-refractivity contribution in [2.24, 2.45) is 5.73 Å². The van der Waals surface area contributed by atoms with E-state index in [-0.39, 0.29) is 17.2 Å². The predicted octanol–water partition coefficient (Wildman–Crippen LogP) is 0.953. The number of hydrogen-bond acceptors (Lipinski definition) is 5. The molecule has 6 heteroatoms. The minimum Gasteiger partial charge on any atom is -0.324 e. The lowest BCUT2D eigenvalue weighted by Gasteiger charge is -2.07. The second-order valence-corrected chi connectivity index (χ2v) is 6.10. The van der Waals surface area contributed by atoms with Gasteiger partial charge in [0.05, 0.1) is 11.4 Å². The highest BCUT2D eigenvalue weighted by Crippen LogP contribution is 2.25. The van der Waals surface area contributed by atoms with Gasteiger partial charge >= 0.3 is 0 Å². The van der Waals surface area contributed by atoms with E-state index in [1.54, 1.807) is 18.4 Å². The summed E-state index contributed by atoms with van der Waals surface area (Å²) in [4.78, 5) is 12.2. The summed E-state index contributed by atoms with van der Waals surface area (Å²) in [6.07, 6.45) is 2.91. The van der Waals surface area contributed by atoms with Gasteiger partial charge in [-0.3, -0.25) is 4.79 Å². The van der Waals surface area contributed by atoms with E-state index in [0.29, 0.717) is 10.5 Å². The van der Waals surface area contributed by atoms with E-state index >= 15 is 0 Å². The van der Waals surface area contributed by atoms with Crippen LogP contribution in [0.25, 0.3) is 0 Å². The third-order valence-electron chi connectivity index (χ3n) is 2.07. The molecule has 16 heavy (non-hydrogen) atoms. The van der Waals surface area contributed by atoms with Gasteiger partial charge in [0.1, 0.15) is 0 Å². The zero-order chi connectivity index (χ0) is 12.3. The molecule has 2 N–H and O–H groups in total. The molecule has 0 unspecified atom stereocenters. The van der Waals surface area contributed by atoms with E-state index in [1.807, 2.05) is 0 Å². The van der Waals surface area contributed by atoms with Crippen LogP contribution in [0.3, 0.4) is 0 Å². The largest absolute Gasteiger partial charge is 0.324 e. The van der Waals surface area contributed by atoms with Crippen molar-refractivity contribution in [3.63, 3.8) is 0 Å². The van der Waals surface area contributed by atoms with Gasteiger partial charge in [0.15, 0.2) is 15.6 Å². The zero-order valence-corrected chi connectivity index (χ0v) is 10.7. The number of thioether (sulfide) groups is 1. The Bertz CT molecular complexity index is 509. The third-order valence-corrected chi connectivity index (χ3v) is 4.13. The molecule has 1 aromatic carbocycles. The van der Waals surface area contributed by atoms with Crippen LogP contribution in [0.2, 0.25) is 0 Å². The van der Waals surface area contributed by atoms with Crippen molar-refractivity contribution in [3.05, 3.63) is 23.8 Å². The number of carbonyl (C=O) groups is 1. The molecule has 0 radical (unpaired) electrons. The van der Waals surface area contributed by atoms with Gasteiger partial charge in [0.25, 0.3) is 0 Å². The molecule has 0 amide bonds. The number of nitrogens with two attached hydrogens (primary N) is 1. The first-order chi connectivity index (χ1) is 7.40. The van der Waals surface area contributed by atoms with E-state index in [2.05, 4.69) is 0 Å². The van der Waals surface area contributed by atoms with Crippen molar-refractivity contribution in [2.75, 3.05) is 19.1 Å². The van der Waals surface area contributed by atoms with Crippen LogP contribution in [0.1, 0.15) is 10.4 Å². The molecular formula is C10H13NO3S2. The Morgan fingerprint density at radius 1 is 1.44 bits per heavy atom. The molecule has 88 valence electrons. The molecule has 1 aromatic rings. The predicted molar refractivity (Wildman–Crippen MR) is 64.7 cm³/mol. The number of benzene rings is 1. The highest BCUT2D eigenvalue weighted by Gasteiger charge is 2.15. The Morgan fingerprint density at radius 2 is 2.06 bits per heavy atom. The number of rotatable bonds is 4. The van der Waals surface area contributed by atoms with E-state index in [4.69, 9.17) is 5.73 Å². The van der Waals surface area contributed by atoms with Crippen LogP contribution >= 0.6 is 11.8 Å². The summed E-state index contributed by atoms with van der Waals surface area (Å²) < 4.78 is 23.0. The summed E-state index contributed by atoms with van der Waals surface area (Å²) in [5.41, 5.74) is 5.56. The van der Waals surface area contributed by atoms with Crippen molar-refractivity contribution >= 4 is 27.4 Å². The summed E-state index contributed by atoms with van der Waals surface area (Å²) in [7, 11) is -3.32. The lowest BCUT2D eigenvalue weighted by Crippen LogP contribution is -2.14. The van der Waals surface area contributed by atoms with Crippen molar-refractivity contribution in [1.82, 2.24) is 0 Å². The van der Waals surface area contributed by atoms with Crippen LogP contribution in [0.15, 0.2) is 28.0 Å². The average Bonchev–Trinajstić information content (AvgIpc) is 2.26. The SMILES string of the molecule is CSc1ccc(C(=O)CN)cc1S(C)(=O)=O. The summed E-state index contributed by atoms with van der Waals surface area (Å²) in [6.45, 7) is -0.123. The standard InChI is InChI=1S/C10H13NO3S2/c1-15-9-4-3-7(8(12)6-11)5-10(9)16(2,13)14/h3-5H,6,11H2,1-2H3. The molecule has 0 heterocycles. The second-order valence-electron chi connectivity index (χ2n) is 3.27. The number of sulfone groups is 1. The summed E-state index contributed by atoms with van der Waals surface area (Å²) in [5.74, 6) is -0.266. The molecule has 0 aromatic heterocycles. The highest BCUT2D eigenvalue weighted by atomic mass is 32.2. The lowest BCUT2D eigenvalue weighted by atomic mass is 10.1. The van der Waals surface area contributed by atoms with Gasteiger partial charge in [-0.1, -0.05) is 6.07 Å². The molecule has 0 atom stereocenters. The Kier molecular flexibility index (Phi) is 4.12. The Hall–Kier alpha value is -0.850. The van der Waals surface area contributed by atoms with Crippen LogP contribution in [0.5, 0.6) is 0 Å². The highest BCUT2D eigenvalue weighted by molar-refractivity contribution is 7.99. The maximum absolute atomic E-state index is 11.5. The third kappa shape index (κ3) is 2.84. The second kappa shape index (κ2) is 4.99. The quantitative estimate of drug-likeness (QED) is 0.643. The van der Waals surface area contributed by atoms with Crippen LogP contribution < -0.4 is 5.73 Å². The average molecular weight is 259 g/mol. The minimum atomic E-state index is -3.32. The normalized spacial score (nSPS) is 11.4. The molecule has 0 aliphatic heterocycles. The molecule has 4 nitrogen and oxygen atoms in total. The van der Waals surface area contributed by atoms with Crippen molar-refractivity contribution in [1.29, 1.82) is 0 Å². The van der Waals surface area contributed by atoms with Crippen LogP contribution in [-0.2, 0) is 9.84 Å². The number of Topliss-reactive ketones (excluding diaryl/α,β-unsaturated/α-hetero) is 1. The topological polar surface area (TPSA) is 77.2 Å². The number of hydrogen-bond donors (Lipinski definition) is 1. The molecule has 0 fully saturated rings. The lowest BCUT2D eigenvalue weighted by molar-refractivity contribution is 0.100. The van der Waals surface area contributed by atoms with Crippen LogP contribution in [0, 0.1) is 0 Å². The van der Waals surface area contributed by atoms with Gasteiger partial charge in [-0.25, -0.2) is 8.42 Å². The van der Waals surface area contributed by atoms with E-state index in [0.717, 1.165) is 6.26 Å². The van der Waals surface area contributed by atoms with Crippen molar-refractivity contribution in [2.45, 2.75) is 9.79 Å². The first-order valence-corrected chi connectivity index (χ1v) is 7.63. The fraction of sp³-hybridized carbons (Fsp3) is 0.300. The number of ketones is 1. The zero-order valence-electron chi connectivity index (χ0n) is 9.06. The molecule has 1 rings (SSSR count). The van der Waals surface area contributed by atoms with E-state index < -0.39 is 9.84 Å². The van der Waals surface area contributed by atoms with E-state index in [1.165, 1.54) is 17.8 Å². The van der Waals surface area contributed by atoms with Gasteiger partial charge < -0.3 is 5.73 Å². The first kappa shape index (κ1) is 13.2. The van der Waals surface area contributed by atoms with Gasteiger partial charge in [0, 0.05) is 16.7 Å². The maximum atomic E-state index is 11.5. The van der Waals surface area contributed by atoms with Crippen molar-refractivity contribution in [3.8, 4) is 0 Å². The fourth-order valence-electron chi connectivity index (χ4n) is 1.26. The maximum Gasteiger partial charge on any atom is 0.176 e. The first-order valence-electron chi connectivity index (χ1n) is 4.51. The van der Waals surface area contributed by atoms with Gasteiger partial charge in [-0.2, -0.15) is 0 Å². The van der Waals surface area contributed by atoms with Gasteiger partial charge in [-0.05, 0) is 18.4 Å². The fourth-order valence-corrected chi connectivity index (χ4v) is 3.20. The summed E-state index contributed by atoms with van der Waals surface area (Å²) in [6, 6.07) is 4.61. The molecule has 0 bridgehead atoms. The Morgan fingerprint density at radius 3 is 2.50 bits per heavy atom. The summed E-state index contributed by atoms with van der Waals surface area (Å²) >= 11 is 1.33. The van der Waals surface area contributed by atoms with Gasteiger partial charge in [0.2, 0.25) is 0 Å². The smallest absolute Gasteiger partial charge is 0.176 e. The molecule has 0 aliphatic rings. The molecule has 0 saturated heterocycles. The van der Waals surface area contributed by atoms with Crippen molar-refractivity contribution < 1.29 is 13.2 Å². The molecular weight excluding hydrogens is 246 g/mol. The van der Waals surface area contributed by atoms with Crippen LogP contribution in [0.4, 0.5) is 0 Å². The number of carbonyl (C=O) groups excluding carboxylic acids is 1. The Balaban J connectivity index is 3.39. The molecule has 0 aliphatic carbocycles. The van der Waals surface area contributed by atoms with Crippen LogP contribution in [-0.4, -0.2) is 33.3 Å². The minimum absolute atomic E-state index is 0.123.